The van der Waals surface area contributed by atoms with Crippen LogP contribution in [0.4, 0.5) is 4.79 Å². The summed E-state index contributed by atoms with van der Waals surface area (Å²) in [5.41, 5.74) is -0.857. The molecule has 5 heteroatoms. The van der Waals surface area contributed by atoms with E-state index in [1.165, 1.54) is 0 Å². The second kappa shape index (κ2) is 7.84. The van der Waals surface area contributed by atoms with Gasteiger partial charge in [-0.1, -0.05) is 13.8 Å². The predicted octanol–water partition coefficient (Wildman–Crippen LogP) is 1.78. The molecule has 0 radical (unpaired) electrons. The van der Waals surface area contributed by atoms with Crippen LogP contribution in [0.5, 0.6) is 0 Å². The van der Waals surface area contributed by atoms with Gasteiger partial charge in [-0.2, -0.15) is 0 Å². The van der Waals surface area contributed by atoms with Gasteiger partial charge in [-0.25, -0.2) is 4.79 Å². The van der Waals surface area contributed by atoms with E-state index in [1.807, 2.05) is 0 Å². The highest BCUT2D eigenvalue weighted by atomic mass is 16.3. The first-order valence-corrected chi connectivity index (χ1v) is 7.73. The van der Waals surface area contributed by atoms with Crippen LogP contribution in [0, 0.1) is 5.92 Å². The van der Waals surface area contributed by atoms with Gasteiger partial charge in [-0.15, -0.1) is 0 Å². The number of hydrogen-bond acceptors (Lipinski definition) is 3. The Morgan fingerprint density at radius 1 is 1.30 bits per heavy atom. The van der Waals surface area contributed by atoms with Crippen molar-refractivity contribution in [1.82, 2.24) is 10.6 Å². The first kappa shape index (κ1) is 17.2. The summed E-state index contributed by atoms with van der Waals surface area (Å²) >= 11 is 0. The fourth-order valence-electron chi connectivity index (χ4n) is 2.42. The molecule has 1 aliphatic rings. The minimum atomic E-state index is -0.857. The van der Waals surface area contributed by atoms with Crippen molar-refractivity contribution in [2.45, 2.75) is 77.0 Å². The van der Waals surface area contributed by atoms with E-state index in [1.54, 1.807) is 6.92 Å². The quantitative estimate of drug-likeness (QED) is 0.601. The summed E-state index contributed by atoms with van der Waals surface area (Å²) in [6.07, 6.45) is 4.54. The molecule has 4 N–H and O–H groups in total. The van der Waals surface area contributed by atoms with E-state index in [9.17, 15) is 15.0 Å². The van der Waals surface area contributed by atoms with Crippen LogP contribution in [-0.4, -0.2) is 40.5 Å². The number of aliphatic hydroxyl groups is 2. The van der Waals surface area contributed by atoms with Crippen molar-refractivity contribution >= 4 is 6.03 Å². The Bertz CT molecular complexity index is 297. The highest BCUT2D eigenvalue weighted by molar-refractivity contribution is 5.74. The topological polar surface area (TPSA) is 81.6 Å². The van der Waals surface area contributed by atoms with Gasteiger partial charge in [-0.3, -0.25) is 0 Å². The molecule has 1 rings (SSSR count). The van der Waals surface area contributed by atoms with E-state index in [4.69, 9.17) is 0 Å². The lowest BCUT2D eigenvalue weighted by Gasteiger charge is -2.28. The van der Waals surface area contributed by atoms with Crippen LogP contribution < -0.4 is 10.6 Å². The molecule has 0 aromatic carbocycles. The number of carbonyl (C=O) groups excluding carboxylic acids is 1. The summed E-state index contributed by atoms with van der Waals surface area (Å²) in [5.74, 6) is 0.545. The van der Waals surface area contributed by atoms with Gasteiger partial charge >= 0.3 is 6.03 Å². The highest BCUT2D eigenvalue weighted by Crippen LogP contribution is 2.18. The molecule has 1 atom stereocenters. The summed E-state index contributed by atoms with van der Waals surface area (Å²) in [6.45, 7) is 6.26. The molecule has 1 unspecified atom stereocenters. The number of carbonyl (C=O) groups is 1. The van der Waals surface area contributed by atoms with Gasteiger partial charge in [0.15, 0.2) is 0 Å². The van der Waals surface area contributed by atoms with Crippen molar-refractivity contribution in [2.24, 2.45) is 5.92 Å². The minimum absolute atomic E-state index is 0.138. The number of nitrogens with one attached hydrogen (secondary N) is 2. The number of hydrogen-bond donors (Lipinski definition) is 4. The first-order chi connectivity index (χ1) is 9.28. The summed E-state index contributed by atoms with van der Waals surface area (Å²) < 4.78 is 0. The molecule has 0 heterocycles. The third kappa shape index (κ3) is 7.10. The minimum Gasteiger partial charge on any atom is -0.393 e. The summed E-state index contributed by atoms with van der Waals surface area (Å²) in [4.78, 5) is 11.8. The zero-order valence-electron chi connectivity index (χ0n) is 13.0. The first-order valence-electron chi connectivity index (χ1n) is 7.73. The van der Waals surface area contributed by atoms with Crippen molar-refractivity contribution in [1.29, 1.82) is 0 Å². The molecule has 5 nitrogen and oxygen atoms in total. The second-order valence-electron chi connectivity index (χ2n) is 6.76. The Labute approximate surface area is 122 Å². The number of rotatable bonds is 6. The molecule has 20 heavy (non-hydrogen) atoms. The number of urea groups is 1. The van der Waals surface area contributed by atoms with Crippen molar-refractivity contribution in [2.75, 3.05) is 6.54 Å². The van der Waals surface area contributed by atoms with Crippen LogP contribution in [0.15, 0.2) is 0 Å². The van der Waals surface area contributed by atoms with Crippen molar-refractivity contribution in [3.05, 3.63) is 0 Å². The Kier molecular flexibility index (Phi) is 6.76. The lowest BCUT2D eigenvalue weighted by atomic mass is 9.93. The second-order valence-corrected chi connectivity index (χ2v) is 6.76. The normalized spacial score (nSPS) is 26.1. The van der Waals surface area contributed by atoms with E-state index in [2.05, 4.69) is 24.5 Å². The van der Waals surface area contributed by atoms with Gasteiger partial charge < -0.3 is 20.8 Å². The molecule has 0 bridgehead atoms. The maximum Gasteiger partial charge on any atom is 0.315 e. The smallest absolute Gasteiger partial charge is 0.315 e. The molecule has 0 spiro atoms. The Morgan fingerprint density at radius 2 is 1.90 bits per heavy atom. The Hall–Kier alpha value is -0.810. The molecule has 118 valence electrons. The van der Waals surface area contributed by atoms with Crippen LogP contribution in [0.3, 0.4) is 0 Å². The van der Waals surface area contributed by atoms with Crippen LogP contribution in [0.2, 0.25) is 0 Å². The molecule has 0 aromatic heterocycles. The molecule has 0 aliphatic heterocycles. The van der Waals surface area contributed by atoms with Gasteiger partial charge in [0.25, 0.3) is 0 Å². The highest BCUT2D eigenvalue weighted by Gasteiger charge is 2.23. The fraction of sp³-hybridized carbons (Fsp3) is 0.933. The SMILES string of the molecule is CC(C)CCC(C)(O)CNC(=O)NC1CCC(O)CC1. The fourth-order valence-corrected chi connectivity index (χ4v) is 2.42. The average Bonchev–Trinajstić information content (AvgIpc) is 2.37. The van der Waals surface area contributed by atoms with E-state index >= 15 is 0 Å². The van der Waals surface area contributed by atoms with E-state index in [-0.39, 0.29) is 24.7 Å². The lowest BCUT2D eigenvalue weighted by Crippen LogP contribution is -2.48. The van der Waals surface area contributed by atoms with Gasteiger partial charge in [0, 0.05) is 12.6 Å². The molecular weight excluding hydrogens is 256 g/mol. The molecule has 1 saturated carbocycles. The Balaban J connectivity index is 2.21. The van der Waals surface area contributed by atoms with Crippen LogP contribution >= 0.6 is 0 Å². The zero-order valence-corrected chi connectivity index (χ0v) is 13.0. The van der Waals surface area contributed by atoms with Gasteiger partial charge in [0.2, 0.25) is 0 Å². The van der Waals surface area contributed by atoms with Gasteiger partial charge in [0.05, 0.1) is 11.7 Å². The summed E-state index contributed by atoms with van der Waals surface area (Å²) in [5, 5.41) is 25.2. The average molecular weight is 286 g/mol. The molecular formula is C15H30N2O3. The van der Waals surface area contributed by atoms with E-state index in [0.717, 1.165) is 32.1 Å². The molecule has 0 saturated heterocycles. The molecule has 0 aromatic rings. The van der Waals surface area contributed by atoms with E-state index < -0.39 is 5.60 Å². The maximum absolute atomic E-state index is 11.8. The van der Waals surface area contributed by atoms with Crippen molar-refractivity contribution in [3.8, 4) is 0 Å². The van der Waals surface area contributed by atoms with Crippen LogP contribution in [-0.2, 0) is 0 Å². The third-order valence-electron chi connectivity index (χ3n) is 3.92. The number of aliphatic hydroxyl groups excluding tert-OH is 1. The molecule has 2 amide bonds. The Morgan fingerprint density at radius 3 is 2.45 bits per heavy atom. The molecule has 1 fully saturated rings. The largest absolute Gasteiger partial charge is 0.393 e. The predicted molar refractivity (Wildman–Crippen MR) is 79.5 cm³/mol. The number of amides is 2. The van der Waals surface area contributed by atoms with E-state index in [0.29, 0.717) is 12.3 Å². The zero-order chi connectivity index (χ0) is 15.2. The maximum atomic E-state index is 11.8. The van der Waals surface area contributed by atoms with Crippen LogP contribution in [0.25, 0.3) is 0 Å². The summed E-state index contributed by atoms with van der Waals surface area (Å²) in [6, 6.07) is -0.0878. The lowest BCUT2D eigenvalue weighted by molar-refractivity contribution is 0.0474. The van der Waals surface area contributed by atoms with Gasteiger partial charge in [-0.05, 0) is 51.4 Å². The third-order valence-corrected chi connectivity index (χ3v) is 3.92. The summed E-state index contributed by atoms with van der Waals surface area (Å²) in [7, 11) is 0. The molecule has 1 aliphatic carbocycles. The monoisotopic (exact) mass is 286 g/mol. The van der Waals surface area contributed by atoms with Crippen LogP contribution in [0.1, 0.15) is 59.3 Å². The van der Waals surface area contributed by atoms with Gasteiger partial charge in [0.1, 0.15) is 0 Å². The van der Waals surface area contributed by atoms with Crippen molar-refractivity contribution < 1.29 is 15.0 Å². The van der Waals surface area contributed by atoms with Crippen molar-refractivity contribution in [3.63, 3.8) is 0 Å². The standard InChI is InChI=1S/C15H30N2O3/c1-11(2)8-9-15(3,20)10-16-14(19)17-12-4-6-13(18)7-5-12/h11-13,18,20H,4-10H2,1-3H3,(H2,16,17,19).